The van der Waals surface area contributed by atoms with Gasteiger partial charge >= 0.3 is 0 Å². The van der Waals surface area contributed by atoms with Crippen LogP contribution < -0.4 is 0 Å². The molecule has 6 nitrogen and oxygen atoms in total. The lowest BCUT2D eigenvalue weighted by atomic mass is 10.1. The molecule has 7 heteroatoms. The highest BCUT2D eigenvalue weighted by Crippen LogP contribution is 2.30. The second-order valence-electron chi connectivity index (χ2n) is 7.89. The van der Waals surface area contributed by atoms with Crippen LogP contribution in [-0.4, -0.2) is 49.7 Å². The smallest absolute Gasteiger partial charge is 0.289 e. The highest BCUT2D eigenvalue weighted by Gasteiger charge is 2.28. The lowest BCUT2D eigenvalue weighted by molar-refractivity contribution is 0.0693. The highest BCUT2D eigenvalue weighted by atomic mass is 32.2. The van der Waals surface area contributed by atoms with Gasteiger partial charge < -0.3 is 9.32 Å². The number of rotatable bonds is 3. The Morgan fingerprint density at radius 1 is 0.929 bits per heavy atom. The minimum atomic E-state index is -3.53. The van der Waals surface area contributed by atoms with Gasteiger partial charge in [0, 0.05) is 37.1 Å². The van der Waals surface area contributed by atoms with Gasteiger partial charge in [0.25, 0.3) is 5.91 Å². The molecule has 0 spiro atoms. The molecule has 1 aromatic heterocycles. The van der Waals surface area contributed by atoms with Crippen molar-refractivity contribution < 1.29 is 17.6 Å². The molecule has 152 valence electrons. The molecule has 2 aromatic rings. The first-order chi connectivity index (χ1) is 13.5. The number of benzene rings is 1. The first-order valence-electron chi connectivity index (χ1n) is 10.3. The van der Waals surface area contributed by atoms with E-state index in [1.165, 1.54) is 0 Å². The summed E-state index contributed by atoms with van der Waals surface area (Å²) < 4.78 is 33.6. The summed E-state index contributed by atoms with van der Waals surface area (Å²) in [6.45, 7) is 4.49. The number of aryl methyl sites for hydroxylation is 1. The summed E-state index contributed by atoms with van der Waals surface area (Å²) >= 11 is 0. The zero-order valence-corrected chi connectivity index (χ0v) is 17.3. The fraction of sp³-hybridized carbons (Fsp3) is 0.571. The Labute approximate surface area is 166 Å². The van der Waals surface area contributed by atoms with E-state index in [1.807, 2.05) is 11.8 Å². The minimum Gasteiger partial charge on any atom is -0.451 e. The van der Waals surface area contributed by atoms with E-state index in [0.717, 1.165) is 63.6 Å². The van der Waals surface area contributed by atoms with E-state index in [2.05, 4.69) is 0 Å². The largest absolute Gasteiger partial charge is 0.451 e. The Bertz CT molecular complexity index is 966. The van der Waals surface area contributed by atoms with Crippen LogP contribution in [-0.2, 0) is 10.0 Å². The third kappa shape index (κ3) is 3.57. The second-order valence-corrected chi connectivity index (χ2v) is 9.82. The molecule has 2 fully saturated rings. The van der Waals surface area contributed by atoms with Crippen molar-refractivity contribution in [3.8, 4) is 0 Å². The van der Waals surface area contributed by atoms with Crippen LogP contribution >= 0.6 is 0 Å². The number of piperidine rings is 1. The number of sulfonamides is 1. The summed E-state index contributed by atoms with van der Waals surface area (Å²) in [5, 5.41) is 0.705. The van der Waals surface area contributed by atoms with Gasteiger partial charge in [-0.15, -0.1) is 0 Å². The molecule has 28 heavy (non-hydrogen) atoms. The molecule has 3 heterocycles. The maximum absolute atomic E-state index is 13.1. The Morgan fingerprint density at radius 3 is 2.21 bits per heavy atom. The fourth-order valence-corrected chi connectivity index (χ4v) is 5.78. The topological polar surface area (TPSA) is 70.8 Å². The van der Waals surface area contributed by atoms with Gasteiger partial charge in [-0.1, -0.05) is 12.8 Å². The quantitative estimate of drug-likeness (QED) is 0.777. The minimum absolute atomic E-state index is 0.0923. The number of likely N-dealkylation sites (tertiary alicyclic amines) is 1. The molecule has 0 radical (unpaired) electrons. The molecule has 2 saturated heterocycles. The van der Waals surface area contributed by atoms with Crippen LogP contribution in [0.1, 0.15) is 61.1 Å². The van der Waals surface area contributed by atoms with Crippen molar-refractivity contribution in [3.63, 3.8) is 0 Å². The van der Waals surface area contributed by atoms with E-state index in [9.17, 15) is 13.2 Å². The second kappa shape index (κ2) is 7.87. The van der Waals surface area contributed by atoms with Crippen LogP contribution in [0.5, 0.6) is 0 Å². The van der Waals surface area contributed by atoms with Crippen molar-refractivity contribution >= 4 is 26.9 Å². The SMILES string of the molecule is Cc1c(C(=O)N2CCCCC2)oc2ccc(S(=O)(=O)N3CCCCCC3)cc12. The van der Waals surface area contributed by atoms with Crippen molar-refractivity contribution in [1.29, 1.82) is 0 Å². The zero-order valence-electron chi connectivity index (χ0n) is 16.4. The van der Waals surface area contributed by atoms with Crippen molar-refractivity contribution in [3.05, 3.63) is 29.5 Å². The van der Waals surface area contributed by atoms with Crippen LogP contribution in [0.15, 0.2) is 27.5 Å². The molecule has 0 N–H and O–H groups in total. The molecule has 1 aromatic carbocycles. The number of carbonyl (C=O) groups excluding carboxylic acids is 1. The number of nitrogens with zero attached hydrogens (tertiary/aromatic N) is 2. The average molecular weight is 405 g/mol. The van der Waals surface area contributed by atoms with E-state index < -0.39 is 10.0 Å². The zero-order chi connectivity index (χ0) is 19.7. The van der Waals surface area contributed by atoms with Crippen LogP contribution in [0.3, 0.4) is 0 Å². The summed E-state index contributed by atoms with van der Waals surface area (Å²) in [4.78, 5) is 15.0. The average Bonchev–Trinajstić information content (AvgIpc) is 2.89. The van der Waals surface area contributed by atoms with Crippen molar-refractivity contribution in [2.24, 2.45) is 0 Å². The predicted molar refractivity (Wildman–Crippen MR) is 108 cm³/mol. The molecule has 1 amide bonds. The van der Waals surface area contributed by atoms with Gasteiger partial charge in [0.05, 0.1) is 4.90 Å². The van der Waals surface area contributed by atoms with E-state index in [4.69, 9.17) is 4.42 Å². The monoisotopic (exact) mass is 404 g/mol. The summed E-state index contributed by atoms with van der Waals surface area (Å²) in [5.74, 6) is 0.242. The van der Waals surface area contributed by atoms with Crippen molar-refractivity contribution in [2.75, 3.05) is 26.2 Å². The van der Waals surface area contributed by atoms with Crippen LogP contribution in [0, 0.1) is 6.92 Å². The van der Waals surface area contributed by atoms with Crippen molar-refractivity contribution in [1.82, 2.24) is 9.21 Å². The Kier molecular flexibility index (Phi) is 5.47. The normalized spacial score (nSPS) is 19.7. The highest BCUT2D eigenvalue weighted by molar-refractivity contribution is 7.89. The molecule has 0 unspecified atom stereocenters. The van der Waals surface area contributed by atoms with Crippen LogP contribution in [0.25, 0.3) is 11.0 Å². The van der Waals surface area contributed by atoms with Gasteiger partial charge in [0.1, 0.15) is 5.58 Å². The molecule has 2 aliphatic heterocycles. The van der Waals surface area contributed by atoms with Gasteiger partial charge in [-0.2, -0.15) is 4.31 Å². The third-order valence-electron chi connectivity index (χ3n) is 5.95. The van der Waals surface area contributed by atoms with E-state index in [0.29, 0.717) is 29.8 Å². The standard InChI is InChI=1S/C21H28N2O4S/c1-16-18-15-17(28(25,26)23-13-7-2-3-8-14-23)9-10-19(18)27-20(16)21(24)22-11-5-4-6-12-22/h9-10,15H,2-8,11-14H2,1H3. The van der Waals surface area contributed by atoms with Gasteiger partial charge in [-0.25, -0.2) is 8.42 Å². The van der Waals surface area contributed by atoms with Gasteiger partial charge in [0.15, 0.2) is 5.76 Å². The molecule has 0 aliphatic carbocycles. The van der Waals surface area contributed by atoms with E-state index in [-0.39, 0.29) is 10.8 Å². The predicted octanol–water partition coefficient (Wildman–Crippen LogP) is 3.93. The number of furan rings is 1. The summed E-state index contributed by atoms with van der Waals surface area (Å²) in [7, 11) is -3.53. The third-order valence-corrected chi connectivity index (χ3v) is 7.84. The van der Waals surface area contributed by atoms with Crippen molar-refractivity contribution in [2.45, 2.75) is 56.8 Å². The Morgan fingerprint density at radius 2 is 1.54 bits per heavy atom. The van der Waals surface area contributed by atoms with Crippen LogP contribution in [0.2, 0.25) is 0 Å². The van der Waals surface area contributed by atoms with Gasteiger partial charge in [0.2, 0.25) is 10.0 Å². The summed E-state index contributed by atoms with van der Waals surface area (Å²) in [5.41, 5.74) is 1.28. The summed E-state index contributed by atoms with van der Waals surface area (Å²) in [6, 6.07) is 4.95. The molecule has 0 saturated carbocycles. The van der Waals surface area contributed by atoms with Crippen LogP contribution in [0.4, 0.5) is 0 Å². The molecule has 0 bridgehead atoms. The number of hydrogen-bond acceptors (Lipinski definition) is 4. The lowest BCUT2D eigenvalue weighted by Gasteiger charge is -2.25. The maximum atomic E-state index is 13.1. The van der Waals surface area contributed by atoms with E-state index in [1.54, 1.807) is 22.5 Å². The number of fused-ring (bicyclic) bond motifs is 1. The van der Waals surface area contributed by atoms with Gasteiger partial charge in [-0.3, -0.25) is 4.79 Å². The van der Waals surface area contributed by atoms with Gasteiger partial charge in [-0.05, 0) is 57.2 Å². The van der Waals surface area contributed by atoms with E-state index >= 15 is 0 Å². The number of amides is 1. The number of carbonyl (C=O) groups is 1. The molecule has 0 atom stereocenters. The first kappa shape index (κ1) is 19.5. The Balaban J connectivity index is 1.67. The molecule has 2 aliphatic rings. The number of hydrogen-bond donors (Lipinski definition) is 0. The Hall–Kier alpha value is -1.86. The fourth-order valence-electron chi connectivity index (χ4n) is 4.24. The molecule has 4 rings (SSSR count). The molecular weight excluding hydrogens is 376 g/mol. The first-order valence-corrected chi connectivity index (χ1v) is 11.7. The molecular formula is C21H28N2O4S. The maximum Gasteiger partial charge on any atom is 0.289 e. The summed E-state index contributed by atoms with van der Waals surface area (Å²) in [6.07, 6.45) is 7.15. The lowest BCUT2D eigenvalue weighted by Crippen LogP contribution is -2.35.